The Morgan fingerprint density at radius 1 is 1.00 bits per heavy atom. The molecule has 1 amide bonds. The average Bonchev–Trinajstić information content (AvgIpc) is 3.20. The van der Waals surface area contributed by atoms with Crippen LogP contribution in [0.4, 0.5) is 10.1 Å². The minimum Gasteiger partial charge on any atom is -0.497 e. The summed E-state index contributed by atoms with van der Waals surface area (Å²) in [6.45, 7) is 0.511. The number of aromatic nitrogens is 2. The second kappa shape index (κ2) is 8.61. The molecule has 1 heterocycles. The highest BCUT2D eigenvalue weighted by atomic mass is 19.1. The average molecular weight is 401 g/mol. The SMILES string of the molecule is COc1ccc(-c2nn(Cc3ccccc3)cc2C(=O)Nc2ccccc2F)cc1. The molecule has 0 spiro atoms. The Hall–Kier alpha value is -3.93. The Balaban J connectivity index is 1.70. The maximum Gasteiger partial charge on any atom is 0.259 e. The summed E-state index contributed by atoms with van der Waals surface area (Å²) in [7, 11) is 1.59. The fourth-order valence-electron chi connectivity index (χ4n) is 3.15. The molecule has 0 aliphatic heterocycles. The molecular weight excluding hydrogens is 381 g/mol. The van der Waals surface area contributed by atoms with Crippen LogP contribution in [0.3, 0.4) is 0 Å². The van der Waals surface area contributed by atoms with Crippen LogP contribution in [-0.4, -0.2) is 22.8 Å². The zero-order valence-electron chi connectivity index (χ0n) is 16.4. The maximum atomic E-state index is 14.0. The van der Waals surface area contributed by atoms with Gasteiger partial charge in [-0.3, -0.25) is 9.48 Å². The number of methoxy groups -OCH3 is 1. The fourth-order valence-corrected chi connectivity index (χ4v) is 3.15. The van der Waals surface area contributed by atoms with Crippen molar-refractivity contribution in [2.24, 2.45) is 0 Å². The van der Waals surface area contributed by atoms with Gasteiger partial charge in [-0.05, 0) is 42.0 Å². The van der Waals surface area contributed by atoms with Gasteiger partial charge in [-0.15, -0.1) is 0 Å². The van der Waals surface area contributed by atoms with Gasteiger partial charge in [0, 0.05) is 11.8 Å². The monoisotopic (exact) mass is 401 g/mol. The minimum atomic E-state index is -0.492. The summed E-state index contributed by atoms with van der Waals surface area (Å²) in [6, 6.07) is 23.2. The van der Waals surface area contributed by atoms with E-state index >= 15 is 0 Å². The van der Waals surface area contributed by atoms with Crippen molar-refractivity contribution in [3.63, 3.8) is 0 Å². The molecule has 6 heteroatoms. The molecule has 0 unspecified atom stereocenters. The van der Waals surface area contributed by atoms with E-state index in [9.17, 15) is 9.18 Å². The zero-order valence-corrected chi connectivity index (χ0v) is 16.4. The van der Waals surface area contributed by atoms with Crippen LogP contribution in [0.2, 0.25) is 0 Å². The molecule has 0 radical (unpaired) electrons. The summed E-state index contributed by atoms with van der Waals surface area (Å²) in [4.78, 5) is 13.0. The molecule has 4 aromatic rings. The molecule has 0 fully saturated rings. The molecule has 3 aromatic carbocycles. The summed E-state index contributed by atoms with van der Waals surface area (Å²) in [5.74, 6) is -0.210. The number of anilines is 1. The minimum absolute atomic E-state index is 0.124. The Bertz CT molecular complexity index is 1150. The second-order valence-corrected chi connectivity index (χ2v) is 6.74. The van der Waals surface area contributed by atoms with Crippen molar-refractivity contribution in [3.05, 3.63) is 102 Å². The molecule has 150 valence electrons. The first-order chi connectivity index (χ1) is 14.6. The lowest BCUT2D eigenvalue weighted by Gasteiger charge is -2.07. The zero-order chi connectivity index (χ0) is 20.9. The molecule has 0 saturated heterocycles. The van der Waals surface area contributed by atoms with E-state index in [1.165, 1.54) is 12.1 Å². The summed E-state index contributed by atoms with van der Waals surface area (Å²) in [5.41, 5.74) is 2.82. The van der Waals surface area contributed by atoms with Gasteiger partial charge in [0.15, 0.2) is 0 Å². The van der Waals surface area contributed by atoms with Gasteiger partial charge in [0.25, 0.3) is 5.91 Å². The van der Waals surface area contributed by atoms with Gasteiger partial charge < -0.3 is 10.1 Å². The first-order valence-corrected chi connectivity index (χ1v) is 9.46. The van der Waals surface area contributed by atoms with Crippen molar-refractivity contribution >= 4 is 11.6 Å². The topological polar surface area (TPSA) is 56.2 Å². The summed E-state index contributed by atoms with van der Waals surface area (Å²) >= 11 is 0. The van der Waals surface area contributed by atoms with Crippen LogP contribution in [0.5, 0.6) is 5.75 Å². The third-order valence-corrected chi connectivity index (χ3v) is 4.68. The standard InChI is InChI=1S/C24H20FN3O2/c1-30-19-13-11-18(12-14-19)23-20(24(29)26-22-10-6-5-9-21(22)25)16-28(27-23)15-17-7-3-2-4-8-17/h2-14,16H,15H2,1H3,(H,26,29). The Morgan fingerprint density at radius 2 is 1.70 bits per heavy atom. The van der Waals surface area contributed by atoms with Gasteiger partial charge in [-0.2, -0.15) is 5.10 Å². The van der Waals surface area contributed by atoms with Crippen LogP contribution in [0.15, 0.2) is 85.1 Å². The number of nitrogens with zero attached hydrogens (tertiary/aromatic N) is 2. The van der Waals surface area contributed by atoms with Crippen LogP contribution in [0.1, 0.15) is 15.9 Å². The van der Waals surface area contributed by atoms with Crippen LogP contribution in [0, 0.1) is 5.82 Å². The first-order valence-electron chi connectivity index (χ1n) is 9.46. The van der Waals surface area contributed by atoms with Crippen molar-refractivity contribution < 1.29 is 13.9 Å². The van der Waals surface area contributed by atoms with Crippen LogP contribution >= 0.6 is 0 Å². The highest BCUT2D eigenvalue weighted by Crippen LogP contribution is 2.26. The molecule has 1 N–H and O–H groups in total. The van der Waals surface area contributed by atoms with E-state index in [1.54, 1.807) is 30.1 Å². The van der Waals surface area contributed by atoms with Crippen molar-refractivity contribution in [1.29, 1.82) is 0 Å². The summed E-state index contributed by atoms with van der Waals surface area (Å²) < 4.78 is 20.9. The maximum absolute atomic E-state index is 14.0. The number of benzene rings is 3. The molecule has 0 aliphatic rings. The second-order valence-electron chi connectivity index (χ2n) is 6.74. The molecule has 1 aromatic heterocycles. The third-order valence-electron chi connectivity index (χ3n) is 4.68. The Labute approximate surface area is 173 Å². The van der Waals surface area contributed by atoms with Gasteiger partial charge in [0.2, 0.25) is 0 Å². The Kier molecular flexibility index (Phi) is 5.57. The van der Waals surface area contributed by atoms with Gasteiger partial charge >= 0.3 is 0 Å². The number of carbonyl (C=O) groups is 1. The summed E-state index contributed by atoms with van der Waals surface area (Å²) in [6.07, 6.45) is 1.68. The van der Waals surface area contributed by atoms with Gasteiger partial charge in [0.1, 0.15) is 17.3 Å². The van der Waals surface area contributed by atoms with Crippen LogP contribution in [-0.2, 0) is 6.54 Å². The molecule has 4 rings (SSSR count). The molecule has 30 heavy (non-hydrogen) atoms. The highest BCUT2D eigenvalue weighted by molar-refractivity contribution is 6.08. The number of amides is 1. The van der Waals surface area contributed by atoms with Crippen molar-refractivity contribution in [3.8, 4) is 17.0 Å². The number of hydrogen-bond donors (Lipinski definition) is 1. The lowest BCUT2D eigenvalue weighted by atomic mass is 10.1. The van der Waals surface area contributed by atoms with E-state index in [0.29, 0.717) is 23.6 Å². The van der Waals surface area contributed by atoms with E-state index in [0.717, 1.165) is 11.1 Å². The molecule has 0 bridgehead atoms. The first kappa shape index (κ1) is 19.4. The van der Waals surface area contributed by atoms with E-state index in [4.69, 9.17) is 4.74 Å². The quantitative estimate of drug-likeness (QED) is 0.495. The lowest BCUT2D eigenvalue weighted by molar-refractivity contribution is 0.102. The van der Waals surface area contributed by atoms with E-state index in [2.05, 4.69) is 10.4 Å². The molecule has 5 nitrogen and oxygen atoms in total. The number of hydrogen-bond acceptors (Lipinski definition) is 3. The van der Waals surface area contributed by atoms with Crippen molar-refractivity contribution in [1.82, 2.24) is 9.78 Å². The molecular formula is C24H20FN3O2. The largest absolute Gasteiger partial charge is 0.497 e. The van der Waals surface area contributed by atoms with Crippen LogP contribution in [0.25, 0.3) is 11.3 Å². The smallest absolute Gasteiger partial charge is 0.259 e. The van der Waals surface area contributed by atoms with Gasteiger partial charge in [-0.1, -0.05) is 42.5 Å². The lowest BCUT2D eigenvalue weighted by Crippen LogP contribution is -2.13. The summed E-state index contributed by atoms with van der Waals surface area (Å²) in [5, 5.41) is 7.28. The van der Waals surface area contributed by atoms with E-state index < -0.39 is 11.7 Å². The van der Waals surface area contributed by atoms with Crippen molar-refractivity contribution in [2.45, 2.75) is 6.54 Å². The predicted octanol–water partition coefficient (Wildman–Crippen LogP) is 5.00. The number of carbonyl (C=O) groups excluding carboxylic acids is 1. The predicted molar refractivity (Wildman–Crippen MR) is 114 cm³/mol. The number of nitrogens with one attached hydrogen (secondary N) is 1. The molecule has 0 atom stereocenters. The molecule has 0 saturated carbocycles. The highest BCUT2D eigenvalue weighted by Gasteiger charge is 2.19. The number of halogens is 1. The van der Waals surface area contributed by atoms with Gasteiger partial charge in [-0.25, -0.2) is 4.39 Å². The fraction of sp³-hybridized carbons (Fsp3) is 0.0833. The molecule has 0 aliphatic carbocycles. The number of ether oxygens (including phenoxy) is 1. The van der Waals surface area contributed by atoms with E-state index in [-0.39, 0.29) is 5.69 Å². The number of rotatable bonds is 6. The normalized spacial score (nSPS) is 10.6. The van der Waals surface area contributed by atoms with Gasteiger partial charge in [0.05, 0.1) is 24.9 Å². The number of para-hydroxylation sites is 1. The van der Waals surface area contributed by atoms with Crippen LogP contribution < -0.4 is 10.1 Å². The Morgan fingerprint density at radius 3 is 2.40 bits per heavy atom. The van der Waals surface area contributed by atoms with E-state index in [1.807, 2.05) is 54.6 Å². The third kappa shape index (κ3) is 4.22. The van der Waals surface area contributed by atoms with Crippen molar-refractivity contribution in [2.75, 3.05) is 12.4 Å².